The molecule has 1 aromatic rings. The van der Waals surface area contributed by atoms with Crippen molar-refractivity contribution in [1.82, 2.24) is 0 Å². The van der Waals surface area contributed by atoms with Gasteiger partial charge in [0.2, 0.25) is 0 Å². The number of hydrogen-bond acceptors (Lipinski definition) is 1. The lowest BCUT2D eigenvalue weighted by Gasteiger charge is -2.42. The lowest BCUT2D eigenvalue weighted by atomic mass is 9.81. The molecule has 0 saturated heterocycles. The second-order valence-electron chi connectivity index (χ2n) is 10.1. The summed E-state index contributed by atoms with van der Waals surface area (Å²) in [5.41, 5.74) is -2.46. The zero-order valence-electron chi connectivity index (χ0n) is 21.7. The van der Waals surface area contributed by atoms with Crippen LogP contribution >= 0.6 is 0 Å². The van der Waals surface area contributed by atoms with Crippen molar-refractivity contribution in [2.75, 3.05) is 0 Å². The van der Waals surface area contributed by atoms with Gasteiger partial charge in [-0.2, -0.15) is 57.1 Å². The molecule has 0 bridgehead atoms. The summed E-state index contributed by atoms with van der Waals surface area (Å²) < 4.78 is 176. The number of rotatable bonds is 18. The standard InChI is InChI=1S/C26H33F13O/c1-2-3-4-5-6-7-8-12-16-20(40,17-15-19-13-10-9-11-14-19)18-21(27,28)22(29,30)23(31,32)24(33,34)25(35,36)26(37,38)39/h9-11,13-14,40H,2-8,12,15-18H2,1H3. The minimum Gasteiger partial charge on any atom is -0.390 e. The second kappa shape index (κ2) is 13.5. The molecule has 0 aliphatic heterocycles. The van der Waals surface area contributed by atoms with E-state index in [0.717, 1.165) is 32.1 Å². The first kappa shape index (κ1) is 36.3. The van der Waals surface area contributed by atoms with Gasteiger partial charge in [0, 0.05) is 6.42 Å². The Labute approximate surface area is 224 Å². The smallest absolute Gasteiger partial charge is 0.390 e. The summed E-state index contributed by atoms with van der Waals surface area (Å²) >= 11 is 0. The van der Waals surface area contributed by atoms with E-state index in [-0.39, 0.29) is 12.8 Å². The highest BCUT2D eigenvalue weighted by molar-refractivity contribution is 5.16. The Morgan fingerprint density at radius 3 is 1.48 bits per heavy atom. The fraction of sp³-hybridized carbons (Fsp3) is 0.769. The van der Waals surface area contributed by atoms with E-state index in [0.29, 0.717) is 18.4 Å². The number of benzene rings is 1. The van der Waals surface area contributed by atoms with Crippen LogP contribution < -0.4 is 0 Å². The third kappa shape index (κ3) is 8.18. The van der Waals surface area contributed by atoms with Crippen LogP contribution in [0.5, 0.6) is 0 Å². The van der Waals surface area contributed by atoms with Crippen LogP contribution in [0.25, 0.3) is 0 Å². The van der Waals surface area contributed by atoms with Gasteiger partial charge in [0.25, 0.3) is 0 Å². The van der Waals surface area contributed by atoms with E-state index in [1.54, 1.807) is 6.07 Å². The molecular formula is C26H33F13O. The van der Waals surface area contributed by atoms with Gasteiger partial charge in [0.05, 0.1) is 5.60 Å². The predicted octanol–water partition coefficient (Wildman–Crippen LogP) is 10.0. The zero-order valence-corrected chi connectivity index (χ0v) is 21.7. The number of aryl methyl sites for hydroxylation is 1. The third-order valence-corrected chi connectivity index (χ3v) is 6.77. The van der Waals surface area contributed by atoms with Gasteiger partial charge in [0.1, 0.15) is 0 Å². The largest absolute Gasteiger partial charge is 0.460 e. The molecule has 1 aromatic carbocycles. The molecule has 0 heterocycles. The van der Waals surface area contributed by atoms with Crippen molar-refractivity contribution in [1.29, 1.82) is 0 Å². The van der Waals surface area contributed by atoms with Crippen LogP contribution in [0.15, 0.2) is 30.3 Å². The van der Waals surface area contributed by atoms with E-state index in [9.17, 15) is 62.2 Å². The quantitative estimate of drug-likeness (QED) is 0.130. The maximum Gasteiger partial charge on any atom is 0.460 e. The van der Waals surface area contributed by atoms with E-state index in [2.05, 4.69) is 0 Å². The van der Waals surface area contributed by atoms with Crippen molar-refractivity contribution in [3.63, 3.8) is 0 Å². The molecule has 0 aliphatic carbocycles. The normalized spacial score (nSPS) is 15.8. The van der Waals surface area contributed by atoms with E-state index >= 15 is 0 Å². The molecule has 0 fully saturated rings. The van der Waals surface area contributed by atoms with Gasteiger partial charge >= 0.3 is 35.8 Å². The molecular weight excluding hydrogens is 575 g/mol. The highest BCUT2D eigenvalue weighted by atomic mass is 19.4. The monoisotopic (exact) mass is 608 g/mol. The molecule has 1 N–H and O–H groups in total. The minimum absolute atomic E-state index is 0.0561. The topological polar surface area (TPSA) is 20.2 Å². The molecule has 0 spiro atoms. The molecule has 1 rings (SSSR count). The molecule has 40 heavy (non-hydrogen) atoms. The predicted molar refractivity (Wildman–Crippen MR) is 122 cm³/mol. The Kier molecular flexibility index (Phi) is 12.2. The van der Waals surface area contributed by atoms with Crippen LogP contribution in [0.1, 0.15) is 83.1 Å². The Balaban J connectivity index is 3.19. The number of alkyl halides is 13. The van der Waals surface area contributed by atoms with E-state index < -0.39 is 60.7 Å². The summed E-state index contributed by atoms with van der Waals surface area (Å²) in [6.07, 6.45) is -6.39. The fourth-order valence-corrected chi connectivity index (χ4v) is 4.24. The molecule has 0 radical (unpaired) electrons. The Bertz CT molecular complexity index is 884. The zero-order chi connectivity index (χ0) is 31.1. The average molecular weight is 609 g/mol. The highest BCUT2D eigenvalue weighted by Gasteiger charge is 2.90. The number of aliphatic hydroxyl groups is 1. The maximum atomic E-state index is 14.6. The molecule has 0 aromatic heterocycles. The molecule has 1 unspecified atom stereocenters. The first-order valence-corrected chi connectivity index (χ1v) is 12.8. The van der Waals surface area contributed by atoms with Gasteiger partial charge in [-0.1, -0.05) is 88.6 Å². The summed E-state index contributed by atoms with van der Waals surface area (Å²) in [6.45, 7) is 1.99. The Morgan fingerprint density at radius 1 is 0.550 bits per heavy atom. The van der Waals surface area contributed by atoms with Crippen molar-refractivity contribution in [2.24, 2.45) is 0 Å². The van der Waals surface area contributed by atoms with Gasteiger partial charge in [-0.05, 0) is 24.8 Å². The molecule has 234 valence electrons. The van der Waals surface area contributed by atoms with Gasteiger partial charge in [-0.3, -0.25) is 0 Å². The van der Waals surface area contributed by atoms with Crippen molar-refractivity contribution in [2.45, 2.75) is 125 Å². The second-order valence-corrected chi connectivity index (χ2v) is 10.1. The first-order chi connectivity index (χ1) is 18.1. The minimum atomic E-state index is -7.95. The van der Waals surface area contributed by atoms with Crippen LogP contribution in [-0.4, -0.2) is 46.5 Å². The van der Waals surface area contributed by atoms with Gasteiger partial charge in [-0.25, -0.2) is 0 Å². The molecule has 0 aliphatic rings. The summed E-state index contributed by atoms with van der Waals surface area (Å²) in [5, 5.41) is 10.8. The van der Waals surface area contributed by atoms with Crippen molar-refractivity contribution in [3.05, 3.63) is 35.9 Å². The number of unbranched alkanes of at least 4 members (excludes halogenated alkanes) is 7. The van der Waals surface area contributed by atoms with Gasteiger partial charge in [-0.15, -0.1) is 0 Å². The van der Waals surface area contributed by atoms with Crippen LogP contribution in [0.4, 0.5) is 57.1 Å². The molecule has 0 amide bonds. The summed E-state index contributed by atoms with van der Waals surface area (Å²) in [7, 11) is 0. The van der Waals surface area contributed by atoms with E-state index in [4.69, 9.17) is 0 Å². The lowest BCUT2D eigenvalue weighted by molar-refractivity contribution is -0.441. The van der Waals surface area contributed by atoms with E-state index in [1.807, 2.05) is 6.92 Å². The SMILES string of the molecule is CCCCCCCCCCC(O)(CCc1ccccc1)CC(F)(F)C(F)(F)C(F)(F)C(F)(F)C(F)(F)C(F)(F)F. The Hall–Kier alpha value is -1.73. The first-order valence-electron chi connectivity index (χ1n) is 12.8. The molecule has 1 nitrogen and oxygen atoms in total. The average Bonchev–Trinajstić information content (AvgIpc) is 2.83. The maximum absolute atomic E-state index is 14.6. The van der Waals surface area contributed by atoms with Crippen LogP contribution in [0.3, 0.4) is 0 Å². The Morgan fingerprint density at radius 2 is 1.00 bits per heavy atom. The van der Waals surface area contributed by atoms with Crippen molar-refractivity contribution >= 4 is 0 Å². The molecule has 1 atom stereocenters. The lowest BCUT2D eigenvalue weighted by Crippen LogP contribution is -2.70. The molecule has 14 heteroatoms. The highest BCUT2D eigenvalue weighted by Crippen LogP contribution is 2.61. The molecule has 0 saturated carbocycles. The van der Waals surface area contributed by atoms with Crippen LogP contribution in [0, 0.1) is 0 Å². The van der Waals surface area contributed by atoms with Crippen molar-refractivity contribution < 1.29 is 62.2 Å². The summed E-state index contributed by atoms with van der Waals surface area (Å²) in [5.74, 6) is -37.3. The van der Waals surface area contributed by atoms with E-state index in [1.165, 1.54) is 24.3 Å². The number of hydrogen-bond donors (Lipinski definition) is 1. The summed E-state index contributed by atoms with van der Waals surface area (Å²) in [6, 6.07) is 7.54. The van der Waals surface area contributed by atoms with Crippen LogP contribution in [0.2, 0.25) is 0 Å². The summed E-state index contributed by atoms with van der Waals surface area (Å²) in [4.78, 5) is 0. The van der Waals surface area contributed by atoms with Gasteiger partial charge in [0.15, 0.2) is 0 Å². The third-order valence-electron chi connectivity index (χ3n) is 6.77. The van der Waals surface area contributed by atoms with Crippen LogP contribution in [-0.2, 0) is 6.42 Å². The number of halogens is 13. The van der Waals surface area contributed by atoms with Gasteiger partial charge < -0.3 is 5.11 Å². The van der Waals surface area contributed by atoms with Crippen molar-refractivity contribution in [3.8, 4) is 0 Å². The fourth-order valence-electron chi connectivity index (χ4n) is 4.24.